The first-order valence-electron chi connectivity index (χ1n) is 6.37. The lowest BCUT2D eigenvalue weighted by molar-refractivity contribution is 0.00841. The Morgan fingerprint density at radius 2 is 2.00 bits per heavy atom. The number of aromatic amines is 1. The molecule has 102 valence electrons. The molecule has 0 aromatic carbocycles. The van der Waals surface area contributed by atoms with Gasteiger partial charge < -0.3 is 9.72 Å². The maximum atomic E-state index is 5.58. The van der Waals surface area contributed by atoms with Crippen molar-refractivity contribution in [3.63, 3.8) is 0 Å². The van der Waals surface area contributed by atoms with Crippen LogP contribution in [0.3, 0.4) is 0 Å². The fourth-order valence-corrected chi connectivity index (χ4v) is 2.32. The number of rotatable bonds is 4. The van der Waals surface area contributed by atoms with Crippen LogP contribution in [0.4, 0.5) is 0 Å². The summed E-state index contributed by atoms with van der Waals surface area (Å²) in [6.07, 6.45) is 0.894. The van der Waals surface area contributed by atoms with Crippen molar-refractivity contribution in [1.29, 1.82) is 0 Å². The molecule has 1 heterocycles. The molecule has 0 radical (unpaired) electrons. The zero-order valence-electron chi connectivity index (χ0n) is 12.2. The summed E-state index contributed by atoms with van der Waals surface area (Å²) in [5.41, 5.74) is 1.11. The summed E-state index contributed by atoms with van der Waals surface area (Å²) in [5, 5.41) is 0. The van der Waals surface area contributed by atoms with Gasteiger partial charge in [0, 0.05) is 12.8 Å². The predicted molar refractivity (Wildman–Crippen MR) is 77.2 cm³/mol. The summed E-state index contributed by atoms with van der Waals surface area (Å²) >= 11 is 5.24. The van der Waals surface area contributed by atoms with Crippen molar-refractivity contribution in [2.45, 2.75) is 47.1 Å². The van der Waals surface area contributed by atoms with E-state index in [0.717, 1.165) is 17.9 Å². The fourth-order valence-electron chi connectivity index (χ4n) is 2.08. The van der Waals surface area contributed by atoms with E-state index in [1.54, 1.807) is 7.11 Å². The highest BCUT2D eigenvalue weighted by atomic mass is 32.1. The van der Waals surface area contributed by atoms with Gasteiger partial charge in [-0.3, -0.25) is 0 Å². The molecular formula is C14H24N2OS. The molecule has 3 nitrogen and oxygen atoms in total. The number of aromatic nitrogens is 2. The van der Waals surface area contributed by atoms with Gasteiger partial charge in [0.1, 0.15) is 16.6 Å². The van der Waals surface area contributed by atoms with Crippen LogP contribution in [0.1, 0.15) is 52.2 Å². The molecule has 1 aromatic rings. The van der Waals surface area contributed by atoms with Gasteiger partial charge in [0.25, 0.3) is 0 Å². The lowest BCUT2D eigenvalue weighted by Gasteiger charge is -2.28. The van der Waals surface area contributed by atoms with Crippen LogP contribution >= 0.6 is 12.2 Å². The van der Waals surface area contributed by atoms with E-state index in [1.165, 1.54) is 0 Å². The summed E-state index contributed by atoms with van der Waals surface area (Å²) in [5.74, 6) is 1.41. The highest BCUT2D eigenvalue weighted by Gasteiger charge is 2.28. The standard InChI is InChI=1S/C14H24N2OS/c1-9(2)7-10-8-11(18)16-13(15-10)12(17-6)14(3,4)5/h8-9,12H,7H2,1-6H3,(H,15,16,18). The van der Waals surface area contributed by atoms with Crippen LogP contribution < -0.4 is 0 Å². The first-order chi connectivity index (χ1) is 8.24. The number of ether oxygens (including phenoxy) is 1. The van der Waals surface area contributed by atoms with Gasteiger partial charge in [0.2, 0.25) is 0 Å². The molecule has 1 rings (SSSR count). The van der Waals surface area contributed by atoms with E-state index in [4.69, 9.17) is 17.0 Å². The normalized spacial score (nSPS) is 13.9. The molecule has 4 heteroatoms. The van der Waals surface area contributed by atoms with E-state index in [9.17, 15) is 0 Å². The van der Waals surface area contributed by atoms with E-state index in [0.29, 0.717) is 10.6 Å². The Hall–Kier alpha value is -0.740. The SMILES string of the molecule is COC(c1nc(=S)cc(CC(C)C)[nH]1)C(C)(C)C. The van der Waals surface area contributed by atoms with Gasteiger partial charge in [-0.05, 0) is 23.8 Å². The summed E-state index contributed by atoms with van der Waals surface area (Å²) in [6, 6.07) is 1.94. The Morgan fingerprint density at radius 1 is 1.39 bits per heavy atom. The largest absolute Gasteiger partial charge is 0.373 e. The fraction of sp³-hybridized carbons (Fsp3) is 0.714. The number of nitrogens with zero attached hydrogens (tertiary/aromatic N) is 1. The number of nitrogens with one attached hydrogen (secondary N) is 1. The monoisotopic (exact) mass is 268 g/mol. The molecule has 1 unspecified atom stereocenters. The van der Waals surface area contributed by atoms with Crippen molar-refractivity contribution in [2.75, 3.05) is 7.11 Å². The molecule has 1 aromatic heterocycles. The van der Waals surface area contributed by atoms with Gasteiger partial charge in [-0.25, -0.2) is 4.98 Å². The number of methoxy groups -OCH3 is 1. The Morgan fingerprint density at radius 3 is 2.44 bits per heavy atom. The molecule has 0 saturated carbocycles. The van der Waals surface area contributed by atoms with Crippen molar-refractivity contribution >= 4 is 12.2 Å². The first-order valence-corrected chi connectivity index (χ1v) is 6.77. The maximum absolute atomic E-state index is 5.58. The number of hydrogen-bond acceptors (Lipinski definition) is 3. The van der Waals surface area contributed by atoms with E-state index < -0.39 is 0 Å². The summed E-state index contributed by atoms with van der Waals surface area (Å²) in [6.45, 7) is 10.8. The lowest BCUT2D eigenvalue weighted by Crippen LogP contribution is -2.23. The third-order valence-corrected chi connectivity index (χ3v) is 2.92. The van der Waals surface area contributed by atoms with Crippen LogP contribution in [0.5, 0.6) is 0 Å². The Labute approximate surface area is 115 Å². The molecule has 1 atom stereocenters. The molecule has 18 heavy (non-hydrogen) atoms. The van der Waals surface area contributed by atoms with Crippen molar-refractivity contribution < 1.29 is 4.74 Å². The quantitative estimate of drug-likeness (QED) is 0.836. The van der Waals surface area contributed by atoms with Gasteiger partial charge in [-0.15, -0.1) is 0 Å². The zero-order chi connectivity index (χ0) is 13.9. The molecule has 0 spiro atoms. The third-order valence-electron chi connectivity index (χ3n) is 2.72. The van der Waals surface area contributed by atoms with Crippen molar-refractivity contribution in [2.24, 2.45) is 11.3 Å². The molecular weight excluding hydrogens is 244 g/mol. The number of H-pyrrole nitrogens is 1. The minimum atomic E-state index is -0.0775. The minimum Gasteiger partial charge on any atom is -0.373 e. The third kappa shape index (κ3) is 4.18. The van der Waals surface area contributed by atoms with Crippen LogP contribution in [0, 0.1) is 16.0 Å². The highest BCUT2D eigenvalue weighted by molar-refractivity contribution is 7.71. The second kappa shape index (κ2) is 5.93. The topological polar surface area (TPSA) is 37.9 Å². The van der Waals surface area contributed by atoms with Crippen LogP contribution in [0.25, 0.3) is 0 Å². The summed E-state index contributed by atoms with van der Waals surface area (Å²) in [7, 11) is 1.71. The van der Waals surface area contributed by atoms with Crippen molar-refractivity contribution in [3.8, 4) is 0 Å². The molecule has 0 aliphatic heterocycles. The predicted octanol–water partition coefficient (Wildman–Crippen LogP) is 4.07. The van der Waals surface area contributed by atoms with Gasteiger partial charge in [0.05, 0.1) is 0 Å². The van der Waals surface area contributed by atoms with Crippen LogP contribution in [-0.2, 0) is 11.2 Å². The van der Waals surface area contributed by atoms with Crippen LogP contribution in [0.15, 0.2) is 6.07 Å². The highest BCUT2D eigenvalue weighted by Crippen LogP contribution is 2.33. The van der Waals surface area contributed by atoms with E-state index in [-0.39, 0.29) is 11.5 Å². The maximum Gasteiger partial charge on any atom is 0.137 e. The zero-order valence-corrected chi connectivity index (χ0v) is 13.0. The molecule has 0 fully saturated rings. The average molecular weight is 268 g/mol. The summed E-state index contributed by atoms with van der Waals surface area (Å²) < 4.78 is 6.21. The Bertz CT molecular complexity index is 446. The lowest BCUT2D eigenvalue weighted by atomic mass is 9.88. The second-order valence-electron chi connectivity index (χ2n) is 6.21. The first kappa shape index (κ1) is 15.3. The average Bonchev–Trinajstić information content (AvgIpc) is 2.13. The van der Waals surface area contributed by atoms with Gasteiger partial charge in [-0.1, -0.05) is 46.8 Å². The van der Waals surface area contributed by atoms with Gasteiger partial charge in [0.15, 0.2) is 0 Å². The molecule has 0 aliphatic carbocycles. The van der Waals surface area contributed by atoms with Crippen molar-refractivity contribution in [1.82, 2.24) is 9.97 Å². The van der Waals surface area contributed by atoms with Crippen molar-refractivity contribution in [3.05, 3.63) is 22.2 Å². The second-order valence-corrected chi connectivity index (χ2v) is 6.63. The molecule has 1 N–H and O–H groups in total. The Kier molecular flexibility index (Phi) is 5.05. The van der Waals surface area contributed by atoms with Crippen LogP contribution in [0.2, 0.25) is 0 Å². The molecule has 0 saturated heterocycles. The van der Waals surface area contributed by atoms with E-state index in [2.05, 4.69) is 44.6 Å². The van der Waals surface area contributed by atoms with Crippen LogP contribution in [-0.4, -0.2) is 17.1 Å². The van der Waals surface area contributed by atoms with Gasteiger partial charge >= 0.3 is 0 Å². The van der Waals surface area contributed by atoms with Gasteiger partial charge in [-0.2, -0.15) is 0 Å². The minimum absolute atomic E-state index is 0.0174. The smallest absolute Gasteiger partial charge is 0.137 e. The molecule has 0 aliphatic rings. The number of hydrogen-bond donors (Lipinski definition) is 1. The van der Waals surface area contributed by atoms with E-state index in [1.807, 2.05) is 6.07 Å². The molecule has 0 bridgehead atoms. The Balaban J connectivity index is 3.16. The molecule has 0 amide bonds. The van der Waals surface area contributed by atoms with E-state index >= 15 is 0 Å². The summed E-state index contributed by atoms with van der Waals surface area (Å²) in [4.78, 5) is 7.78.